The predicted molar refractivity (Wildman–Crippen MR) is 121 cm³/mol. The largest absolute Gasteiger partial charge is 0.352 e. The van der Waals surface area contributed by atoms with Crippen LogP contribution in [0.4, 0.5) is 0 Å². The van der Waals surface area contributed by atoms with Gasteiger partial charge in [0.2, 0.25) is 5.91 Å². The van der Waals surface area contributed by atoms with Crippen molar-refractivity contribution in [2.24, 2.45) is 5.92 Å². The highest BCUT2D eigenvalue weighted by atomic mass is 35.5. The first kappa shape index (κ1) is 22.3. The Kier molecular flexibility index (Phi) is 7.88. The zero-order valence-electron chi connectivity index (χ0n) is 17.6. The second-order valence-electron chi connectivity index (χ2n) is 8.12. The van der Waals surface area contributed by atoms with Gasteiger partial charge in [-0.25, -0.2) is 0 Å². The van der Waals surface area contributed by atoms with Gasteiger partial charge in [-0.3, -0.25) is 14.5 Å². The number of likely N-dealkylation sites (tertiary alicyclic amines) is 1. The van der Waals surface area contributed by atoms with Crippen LogP contribution >= 0.6 is 11.6 Å². The Hall–Kier alpha value is -2.37. The van der Waals surface area contributed by atoms with Gasteiger partial charge in [0.1, 0.15) is 6.04 Å². The van der Waals surface area contributed by atoms with Crippen molar-refractivity contribution in [3.8, 4) is 0 Å². The van der Waals surface area contributed by atoms with Crippen molar-refractivity contribution >= 4 is 23.4 Å². The summed E-state index contributed by atoms with van der Waals surface area (Å²) >= 11 is 5.90. The van der Waals surface area contributed by atoms with E-state index in [0.717, 1.165) is 13.1 Å². The number of nitrogens with one attached hydrogen (secondary N) is 2. The van der Waals surface area contributed by atoms with Crippen LogP contribution in [0.1, 0.15) is 48.7 Å². The van der Waals surface area contributed by atoms with Crippen LogP contribution in [0.2, 0.25) is 5.02 Å². The molecule has 6 heteroatoms. The number of hydrogen-bond acceptors (Lipinski definition) is 3. The number of amides is 2. The zero-order valence-corrected chi connectivity index (χ0v) is 18.4. The van der Waals surface area contributed by atoms with Gasteiger partial charge in [0.25, 0.3) is 5.91 Å². The van der Waals surface area contributed by atoms with E-state index in [2.05, 4.69) is 27.7 Å². The van der Waals surface area contributed by atoms with E-state index >= 15 is 0 Å². The lowest BCUT2D eigenvalue weighted by atomic mass is 10.0. The number of rotatable bonds is 8. The molecule has 2 N–H and O–H groups in total. The lowest BCUT2D eigenvalue weighted by molar-refractivity contribution is -0.124. The molecular formula is C24H30ClN3O2. The average molecular weight is 428 g/mol. The lowest BCUT2D eigenvalue weighted by Crippen LogP contribution is -2.51. The van der Waals surface area contributed by atoms with E-state index in [0.29, 0.717) is 17.1 Å². The van der Waals surface area contributed by atoms with Gasteiger partial charge >= 0.3 is 0 Å². The summed E-state index contributed by atoms with van der Waals surface area (Å²) in [6.07, 6.45) is 2.37. The Labute approximate surface area is 183 Å². The summed E-state index contributed by atoms with van der Waals surface area (Å²) in [5.41, 5.74) is 1.68. The molecule has 3 rings (SSSR count). The van der Waals surface area contributed by atoms with Crippen LogP contribution in [-0.4, -0.2) is 42.4 Å². The molecule has 2 aromatic carbocycles. The Morgan fingerprint density at radius 1 is 1.00 bits per heavy atom. The van der Waals surface area contributed by atoms with E-state index in [4.69, 9.17) is 11.6 Å². The highest BCUT2D eigenvalue weighted by Crippen LogP contribution is 2.24. The molecule has 5 nitrogen and oxygen atoms in total. The second kappa shape index (κ2) is 10.6. The smallest absolute Gasteiger partial charge is 0.251 e. The van der Waals surface area contributed by atoms with Gasteiger partial charge in [-0.05, 0) is 61.7 Å². The summed E-state index contributed by atoms with van der Waals surface area (Å²) in [7, 11) is 0. The minimum atomic E-state index is -0.608. The molecular weight excluding hydrogens is 398 g/mol. The van der Waals surface area contributed by atoms with E-state index < -0.39 is 6.04 Å². The minimum Gasteiger partial charge on any atom is -0.352 e. The molecule has 0 aliphatic carbocycles. The Morgan fingerprint density at radius 3 is 2.23 bits per heavy atom. The van der Waals surface area contributed by atoms with Gasteiger partial charge in [-0.15, -0.1) is 0 Å². The van der Waals surface area contributed by atoms with E-state index in [1.54, 1.807) is 24.3 Å². The van der Waals surface area contributed by atoms with E-state index in [1.165, 1.54) is 18.4 Å². The normalized spacial score (nSPS) is 16.3. The summed E-state index contributed by atoms with van der Waals surface area (Å²) in [4.78, 5) is 28.0. The summed E-state index contributed by atoms with van der Waals surface area (Å²) in [5, 5.41) is 6.53. The Bertz CT molecular complexity index is 833. The first-order valence-corrected chi connectivity index (χ1v) is 11.0. The fourth-order valence-corrected chi connectivity index (χ4v) is 3.98. The van der Waals surface area contributed by atoms with Crippen LogP contribution in [0.5, 0.6) is 0 Å². The summed E-state index contributed by atoms with van der Waals surface area (Å²) in [6.45, 7) is 6.46. The molecule has 1 fully saturated rings. The third kappa shape index (κ3) is 5.83. The molecule has 0 saturated carbocycles. The number of carbonyl (C=O) groups excluding carboxylic acids is 2. The highest BCUT2D eigenvalue weighted by molar-refractivity contribution is 6.30. The topological polar surface area (TPSA) is 61.4 Å². The first-order chi connectivity index (χ1) is 14.5. The number of halogens is 1. The van der Waals surface area contributed by atoms with Crippen LogP contribution in [0.25, 0.3) is 0 Å². The molecule has 1 aliphatic heterocycles. The van der Waals surface area contributed by atoms with E-state index in [9.17, 15) is 9.59 Å². The van der Waals surface area contributed by atoms with Crippen molar-refractivity contribution in [2.45, 2.75) is 38.8 Å². The summed E-state index contributed by atoms with van der Waals surface area (Å²) in [5.74, 6) is -0.477. The van der Waals surface area contributed by atoms with Gasteiger partial charge in [-0.1, -0.05) is 55.8 Å². The molecule has 160 valence electrons. The van der Waals surface area contributed by atoms with Crippen molar-refractivity contribution < 1.29 is 9.59 Å². The average Bonchev–Trinajstić information content (AvgIpc) is 3.27. The van der Waals surface area contributed by atoms with Crippen LogP contribution < -0.4 is 10.6 Å². The molecule has 0 spiro atoms. The van der Waals surface area contributed by atoms with Crippen LogP contribution in [0.3, 0.4) is 0 Å². The van der Waals surface area contributed by atoms with Crippen molar-refractivity contribution in [1.82, 2.24) is 15.5 Å². The highest BCUT2D eigenvalue weighted by Gasteiger charge is 2.28. The monoisotopic (exact) mass is 427 g/mol. The Balaban J connectivity index is 1.66. The fraction of sp³-hybridized carbons (Fsp3) is 0.417. The number of nitrogens with zero attached hydrogens (tertiary/aromatic N) is 1. The van der Waals surface area contributed by atoms with Gasteiger partial charge in [-0.2, -0.15) is 0 Å². The number of benzene rings is 2. The van der Waals surface area contributed by atoms with Crippen LogP contribution in [0.15, 0.2) is 54.6 Å². The van der Waals surface area contributed by atoms with Crippen LogP contribution in [0, 0.1) is 5.92 Å². The molecule has 0 radical (unpaired) electrons. The van der Waals surface area contributed by atoms with Crippen molar-refractivity contribution in [3.05, 3.63) is 70.7 Å². The molecule has 0 bridgehead atoms. The second-order valence-corrected chi connectivity index (χ2v) is 8.55. The maximum atomic E-state index is 13.0. The first-order valence-electron chi connectivity index (χ1n) is 10.6. The molecule has 1 saturated heterocycles. The SMILES string of the molecule is CC(C)[C@H](NC(=O)c1ccc(Cl)cc1)C(=O)NCC(c1ccccc1)N1CCCC1. The predicted octanol–water partition coefficient (Wildman–Crippen LogP) is 4.05. The maximum absolute atomic E-state index is 13.0. The van der Waals surface area contributed by atoms with E-state index in [1.807, 2.05) is 32.0 Å². The number of carbonyl (C=O) groups is 2. The molecule has 2 aromatic rings. The van der Waals surface area contributed by atoms with Gasteiger partial charge < -0.3 is 10.6 Å². The maximum Gasteiger partial charge on any atom is 0.251 e. The zero-order chi connectivity index (χ0) is 21.5. The minimum absolute atomic E-state index is 0.0387. The lowest BCUT2D eigenvalue weighted by Gasteiger charge is -2.29. The standard InChI is InChI=1S/C24H30ClN3O2/c1-17(2)22(27-23(29)19-10-12-20(25)13-11-19)24(30)26-16-21(28-14-6-7-15-28)18-8-4-3-5-9-18/h3-5,8-13,17,21-22H,6-7,14-16H2,1-2H3,(H,26,30)(H,27,29)/t21?,22-/m0/s1. The van der Waals surface area contributed by atoms with Crippen molar-refractivity contribution in [1.29, 1.82) is 0 Å². The quantitative estimate of drug-likeness (QED) is 0.668. The fourth-order valence-electron chi connectivity index (χ4n) is 3.85. The molecule has 1 unspecified atom stereocenters. The van der Waals surface area contributed by atoms with Crippen molar-refractivity contribution in [3.63, 3.8) is 0 Å². The molecule has 2 amide bonds. The number of hydrogen-bond donors (Lipinski definition) is 2. The third-order valence-electron chi connectivity index (χ3n) is 5.58. The molecule has 30 heavy (non-hydrogen) atoms. The Morgan fingerprint density at radius 2 is 1.63 bits per heavy atom. The summed E-state index contributed by atoms with van der Waals surface area (Å²) < 4.78 is 0. The molecule has 2 atom stereocenters. The van der Waals surface area contributed by atoms with E-state index in [-0.39, 0.29) is 23.8 Å². The van der Waals surface area contributed by atoms with Crippen molar-refractivity contribution in [2.75, 3.05) is 19.6 Å². The molecule has 0 aromatic heterocycles. The van der Waals surface area contributed by atoms with Gasteiger partial charge in [0.15, 0.2) is 0 Å². The van der Waals surface area contributed by atoms with Crippen LogP contribution in [-0.2, 0) is 4.79 Å². The van der Waals surface area contributed by atoms with Gasteiger partial charge in [0.05, 0.1) is 6.04 Å². The molecule has 1 aliphatic rings. The van der Waals surface area contributed by atoms with Gasteiger partial charge in [0, 0.05) is 17.1 Å². The summed E-state index contributed by atoms with van der Waals surface area (Å²) in [6, 6.07) is 16.5. The molecule has 1 heterocycles. The third-order valence-corrected chi connectivity index (χ3v) is 5.83.